The molecule has 0 bridgehead atoms. The molecule has 5 atom stereocenters. The molecule has 0 heterocycles. The summed E-state index contributed by atoms with van der Waals surface area (Å²) in [5.74, 6) is -2.32. The average Bonchev–Trinajstić information content (AvgIpc) is 0.907. The van der Waals surface area contributed by atoms with Crippen molar-refractivity contribution in [2.24, 2.45) is 0 Å². The molecule has 0 aliphatic rings. The number of rotatable bonds is 72. The number of hydrogen-bond acceptors (Lipinski definition) is 15. The minimum Gasteiger partial charge on any atom is -0.462 e. The molecule has 0 aliphatic heterocycles. The molecule has 0 radical (unpaired) electrons. The van der Waals surface area contributed by atoms with Crippen LogP contribution in [-0.2, 0) is 65.4 Å². The number of unbranched alkanes of at least 4 members (excludes halogenated alkanes) is 22. The highest BCUT2D eigenvalue weighted by Gasteiger charge is 2.30. The minimum atomic E-state index is -5.00. The number of carbonyl (C=O) groups is 4. The molecule has 0 aromatic rings. The molecule has 0 rings (SSSR count). The first kappa shape index (κ1) is 96.9. The molecule has 0 fully saturated rings. The van der Waals surface area contributed by atoms with E-state index in [1.54, 1.807) is 0 Å². The topological polar surface area (TPSA) is 237 Å². The van der Waals surface area contributed by atoms with E-state index < -0.39 is 97.5 Å². The Hall–Kier alpha value is -5.06. The van der Waals surface area contributed by atoms with Crippen LogP contribution < -0.4 is 0 Å². The second kappa shape index (κ2) is 74.2. The van der Waals surface area contributed by atoms with Gasteiger partial charge in [-0.2, -0.15) is 0 Å². The summed E-state index contributed by atoms with van der Waals surface area (Å²) < 4.78 is 68.4. The van der Waals surface area contributed by atoms with Crippen molar-refractivity contribution < 1.29 is 80.2 Å². The Morgan fingerprint density at radius 2 is 0.529 bits per heavy atom. The van der Waals surface area contributed by atoms with Gasteiger partial charge in [-0.1, -0.05) is 283 Å². The van der Waals surface area contributed by atoms with Crippen LogP contribution in [0.5, 0.6) is 0 Å². The summed E-state index contributed by atoms with van der Waals surface area (Å²) in [6.45, 7) is 4.48. The molecule has 582 valence electrons. The quantitative estimate of drug-likeness (QED) is 0.0169. The third kappa shape index (κ3) is 73.3. The Balaban J connectivity index is 5.40. The highest BCUT2D eigenvalue weighted by molar-refractivity contribution is 7.47. The smallest absolute Gasteiger partial charge is 0.462 e. The number of phosphoric ester groups is 2. The number of aliphatic hydroxyl groups excluding tert-OH is 1. The normalized spacial score (nSPS) is 14.7. The van der Waals surface area contributed by atoms with Gasteiger partial charge in [-0.15, -0.1) is 0 Å². The van der Waals surface area contributed by atoms with Crippen LogP contribution >= 0.6 is 15.6 Å². The Kier molecular flexibility index (Phi) is 70.5. The van der Waals surface area contributed by atoms with Crippen LogP contribution in [0.2, 0.25) is 0 Å². The van der Waals surface area contributed by atoms with Gasteiger partial charge < -0.3 is 33.8 Å². The minimum absolute atomic E-state index is 0.0312. The SMILES string of the molecule is CC/C=C\C/C=C\C/C=C\C/C=C\C/C=C\C/C=C\CCC(=O)OCC(COP(=O)(O)OCC(O)COP(=O)(O)OCC(COC(=O)CCCCC/C=C\C/C=C\C/C=C\C/C=C\C/C=C\CC)OC(=O)CCCCCCCCCCCCC)OC(=O)CCCCCCC/C=C\CCCCCC. The van der Waals surface area contributed by atoms with Crippen LogP contribution in [0.25, 0.3) is 0 Å². The zero-order valence-corrected chi connectivity index (χ0v) is 65.3. The molecular formula is C83H138O17P2. The number of allylic oxidation sites excluding steroid dienone is 24. The lowest BCUT2D eigenvalue weighted by molar-refractivity contribution is -0.161. The van der Waals surface area contributed by atoms with Crippen LogP contribution in [0.4, 0.5) is 0 Å². The molecule has 3 N–H and O–H groups in total. The lowest BCUT2D eigenvalue weighted by atomic mass is 10.1. The molecule has 102 heavy (non-hydrogen) atoms. The predicted molar refractivity (Wildman–Crippen MR) is 417 cm³/mol. The van der Waals surface area contributed by atoms with E-state index >= 15 is 0 Å². The molecule has 0 saturated carbocycles. The summed E-state index contributed by atoms with van der Waals surface area (Å²) >= 11 is 0. The van der Waals surface area contributed by atoms with Crippen LogP contribution in [-0.4, -0.2) is 96.7 Å². The highest BCUT2D eigenvalue weighted by Crippen LogP contribution is 2.45. The summed E-state index contributed by atoms with van der Waals surface area (Å²) in [4.78, 5) is 72.8. The first-order valence-electron chi connectivity index (χ1n) is 39.1. The summed E-state index contributed by atoms with van der Waals surface area (Å²) in [5, 5.41) is 10.6. The van der Waals surface area contributed by atoms with Crippen LogP contribution in [0.1, 0.15) is 297 Å². The molecule has 5 unspecified atom stereocenters. The number of aliphatic hydroxyl groups is 1. The zero-order valence-electron chi connectivity index (χ0n) is 63.5. The maximum atomic E-state index is 13.1. The van der Waals surface area contributed by atoms with Crippen molar-refractivity contribution in [1.29, 1.82) is 0 Å². The van der Waals surface area contributed by atoms with Gasteiger partial charge >= 0.3 is 39.5 Å². The summed E-state index contributed by atoms with van der Waals surface area (Å²) in [5.41, 5.74) is 0. The van der Waals surface area contributed by atoms with Gasteiger partial charge in [0.05, 0.1) is 26.4 Å². The van der Waals surface area contributed by atoms with E-state index in [0.717, 1.165) is 148 Å². The van der Waals surface area contributed by atoms with Crippen LogP contribution in [0.15, 0.2) is 146 Å². The summed E-state index contributed by atoms with van der Waals surface area (Å²) in [6, 6.07) is 0. The van der Waals surface area contributed by atoms with Crippen molar-refractivity contribution >= 4 is 39.5 Å². The van der Waals surface area contributed by atoms with Gasteiger partial charge in [0.1, 0.15) is 19.3 Å². The molecule has 0 aromatic carbocycles. The Labute approximate surface area is 617 Å². The van der Waals surface area contributed by atoms with Crippen molar-refractivity contribution in [3.05, 3.63) is 146 Å². The molecule has 19 heteroatoms. The van der Waals surface area contributed by atoms with Crippen LogP contribution in [0.3, 0.4) is 0 Å². The third-order valence-electron chi connectivity index (χ3n) is 15.8. The van der Waals surface area contributed by atoms with Gasteiger partial charge in [0.15, 0.2) is 12.2 Å². The molecule has 0 spiro atoms. The Bertz CT molecular complexity index is 2510. The fourth-order valence-corrected chi connectivity index (χ4v) is 11.5. The lowest BCUT2D eigenvalue weighted by Gasteiger charge is -2.21. The fraction of sp³-hybridized carbons (Fsp3) is 0.663. The largest absolute Gasteiger partial charge is 0.472 e. The van der Waals surface area contributed by atoms with E-state index in [0.29, 0.717) is 32.1 Å². The van der Waals surface area contributed by atoms with Gasteiger partial charge in [0.25, 0.3) is 0 Å². The van der Waals surface area contributed by atoms with E-state index in [1.165, 1.54) is 64.2 Å². The van der Waals surface area contributed by atoms with E-state index in [-0.39, 0.29) is 25.7 Å². The van der Waals surface area contributed by atoms with E-state index in [1.807, 2.05) is 18.2 Å². The number of hydrogen-bond donors (Lipinski definition) is 3. The molecular weight excluding hydrogens is 1330 g/mol. The molecule has 0 amide bonds. The first-order valence-corrected chi connectivity index (χ1v) is 42.1. The number of esters is 4. The van der Waals surface area contributed by atoms with Gasteiger partial charge in [-0.3, -0.25) is 37.3 Å². The maximum absolute atomic E-state index is 13.1. The van der Waals surface area contributed by atoms with Gasteiger partial charge in [0.2, 0.25) is 0 Å². The Morgan fingerprint density at radius 1 is 0.284 bits per heavy atom. The van der Waals surface area contributed by atoms with Crippen LogP contribution in [0, 0.1) is 0 Å². The highest BCUT2D eigenvalue weighted by atomic mass is 31.2. The van der Waals surface area contributed by atoms with Gasteiger partial charge in [-0.05, 0) is 135 Å². The van der Waals surface area contributed by atoms with E-state index in [4.69, 9.17) is 37.0 Å². The number of carbonyl (C=O) groups excluding carboxylic acids is 4. The Morgan fingerprint density at radius 3 is 0.873 bits per heavy atom. The van der Waals surface area contributed by atoms with E-state index in [2.05, 4.69) is 155 Å². The van der Waals surface area contributed by atoms with Crippen molar-refractivity contribution in [2.75, 3.05) is 39.6 Å². The van der Waals surface area contributed by atoms with Crippen molar-refractivity contribution in [3.8, 4) is 0 Å². The first-order chi connectivity index (χ1) is 49.7. The lowest BCUT2D eigenvalue weighted by Crippen LogP contribution is -2.30. The molecule has 0 aliphatic carbocycles. The average molecular weight is 1470 g/mol. The number of phosphoric acid groups is 2. The van der Waals surface area contributed by atoms with Gasteiger partial charge in [-0.25, -0.2) is 9.13 Å². The summed E-state index contributed by atoms with van der Waals surface area (Å²) in [7, 11) is -9.99. The zero-order chi connectivity index (χ0) is 74.6. The second-order valence-corrected chi connectivity index (χ2v) is 28.4. The summed E-state index contributed by atoms with van der Waals surface area (Å²) in [6.07, 6.45) is 84.3. The molecule has 0 saturated heterocycles. The fourth-order valence-electron chi connectivity index (χ4n) is 9.91. The molecule has 0 aromatic heterocycles. The van der Waals surface area contributed by atoms with Crippen molar-refractivity contribution in [1.82, 2.24) is 0 Å². The van der Waals surface area contributed by atoms with Crippen molar-refractivity contribution in [2.45, 2.75) is 316 Å². The molecule has 17 nitrogen and oxygen atoms in total. The van der Waals surface area contributed by atoms with Gasteiger partial charge in [0, 0.05) is 25.7 Å². The monoisotopic (exact) mass is 1470 g/mol. The second-order valence-electron chi connectivity index (χ2n) is 25.5. The maximum Gasteiger partial charge on any atom is 0.472 e. The van der Waals surface area contributed by atoms with E-state index in [9.17, 15) is 43.2 Å². The standard InChI is InChI=1S/C83H138O17P2/c1-5-9-13-17-21-25-29-32-34-36-38-40-42-45-48-51-55-59-63-67-80(85)93-73-78(99-82(87)69-65-61-57-53-47-28-24-20-16-12-8-4)75-97-101(89,90)95-71-77(84)72-96-102(91,92)98-76-79(100-83(88)70-66-62-58-54-50-44-31-27-23-19-15-11-7-3)74-94-81(86)68-64-60-56-52-49-46-43-41-39-37-35-33-30-26-22-18-14-10-6-2/h9-10,13-14,21-22,25-27,31-35,38-41,45-46,48-49,56,60,77-79,84H,5-8,11-12,15-20,23-24,28-30,36-37,42-44,47,50-55,57-59,61-76H2,1-4H3,(H,89,90)(H,91,92)/b13-9-,14-10-,25-21-,26-22-,31-27-,34-32-,35-33-,40-38-,41-39-,48-45-,49-46-,60-56-. The number of ether oxygens (including phenoxy) is 4. The third-order valence-corrected chi connectivity index (χ3v) is 17.7. The predicted octanol–water partition coefficient (Wildman–Crippen LogP) is 22.7. The van der Waals surface area contributed by atoms with Crippen molar-refractivity contribution in [3.63, 3.8) is 0 Å².